The summed E-state index contributed by atoms with van der Waals surface area (Å²) in [7, 11) is 0. The Bertz CT molecular complexity index is 247. The number of hydrogen-bond donors (Lipinski definition) is 1. The molecule has 2 aliphatic rings. The molecule has 0 amide bonds. The highest BCUT2D eigenvalue weighted by atomic mass is 16.5. The highest BCUT2D eigenvalue weighted by molar-refractivity contribution is 4.85. The molecular formula is C16H31NO2. The Balaban J connectivity index is 1.86. The van der Waals surface area contributed by atoms with Gasteiger partial charge >= 0.3 is 0 Å². The van der Waals surface area contributed by atoms with Crippen molar-refractivity contribution in [2.24, 2.45) is 0 Å². The average molecular weight is 269 g/mol. The third-order valence-corrected chi connectivity index (χ3v) is 4.63. The van der Waals surface area contributed by atoms with Crippen LogP contribution in [0.25, 0.3) is 0 Å². The van der Waals surface area contributed by atoms with E-state index < -0.39 is 0 Å². The summed E-state index contributed by atoms with van der Waals surface area (Å²) in [5.74, 6) is 0. The van der Waals surface area contributed by atoms with Crippen LogP contribution in [0.1, 0.15) is 64.7 Å². The van der Waals surface area contributed by atoms with Crippen molar-refractivity contribution >= 4 is 0 Å². The van der Waals surface area contributed by atoms with Gasteiger partial charge in [-0.25, -0.2) is 0 Å². The van der Waals surface area contributed by atoms with E-state index in [4.69, 9.17) is 4.74 Å². The second-order valence-electron chi connectivity index (χ2n) is 6.26. The summed E-state index contributed by atoms with van der Waals surface area (Å²) in [6, 6.07) is 0.383. The van der Waals surface area contributed by atoms with Gasteiger partial charge in [0.25, 0.3) is 0 Å². The number of ether oxygens (including phenoxy) is 1. The van der Waals surface area contributed by atoms with E-state index in [9.17, 15) is 5.11 Å². The third-order valence-electron chi connectivity index (χ3n) is 4.63. The van der Waals surface area contributed by atoms with E-state index in [0.29, 0.717) is 12.1 Å². The first kappa shape index (κ1) is 15.3. The van der Waals surface area contributed by atoms with Gasteiger partial charge in [0.15, 0.2) is 0 Å². The van der Waals surface area contributed by atoms with Crippen LogP contribution in [0.3, 0.4) is 0 Å². The molecule has 0 radical (unpaired) electrons. The van der Waals surface area contributed by atoms with Crippen LogP contribution in [0, 0.1) is 0 Å². The lowest BCUT2D eigenvalue weighted by Gasteiger charge is -2.41. The SMILES string of the molecule is CCCOC1CCCN(C2CCCCCCC2O)C1. The van der Waals surface area contributed by atoms with Crippen LogP contribution in [-0.4, -0.2) is 48.0 Å². The molecule has 2 fully saturated rings. The van der Waals surface area contributed by atoms with Crippen LogP contribution in [-0.2, 0) is 4.74 Å². The molecule has 3 heteroatoms. The minimum Gasteiger partial charge on any atom is -0.391 e. The summed E-state index contributed by atoms with van der Waals surface area (Å²) in [5.41, 5.74) is 0. The van der Waals surface area contributed by atoms with E-state index >= 15 is 0 Å². The third kappa shape index (κ3) is 4.73. The molecule has 3 unspecified atom stereocenters. The van der Waals surface area contributed by atoms with Gasteiger partial charge in [0.2, 0.25) is 0 Å². The van der Waals surface area contributed by atoms with E-state index in [-0.39, 0.29) is 6.10 Å². The molecule has 0 aromatic heterocycles. The first-order chi connectivity index (χ1) is 9.31. The number of hydrogen-bond acceptors (Lipinski definition) is 3. The summed E-state index contributed by atoms with van der Waals surface area (Å²) in [6.07, 6.45) is 11.1. The van der Waals surface area contributed by atoms with Crippen LogP contribution in [0.2, 0.25) is 0 Å². The molecule has 0 aromatic carbocycles. The van der Waals surface area contributed by atoms with Crippen molar-refractivity contribution < 1.29 is 9.84 Å². The molecule has 0 bridgehead atoms. The number of piperidine rings is 1. The van der Waals surface area contributed by atoms with E-state index in [0.717, 1.165) is 32.5 Å². The van der Waals surface area contributed by atoms with Crippen molar-refractivity contribution in [3.05, 3.63) is 0 Å². The monoisotopic (exact) mass is 269 g/mol. The normalized spacial score (nSPS) is 34.7. The smallest absolute Gasteiger partial charge is 0.0702 e. The summed E-state index contributed by atoms with van der Waals surface area (Å²) >= 11 is 0. The summed E-state index contributed by atoms with van der Waals surface area (Å²) in [6.45, 7) is 5.22. The van der Waals surface area contributed by atoms with E-state index in [1.165, 1.54) is 44.9 Å². The average Bonchev–Trinajstić information content (AvgIpc) is 2.41. The Kier molecular flexibility index (Phi) is 6.62. The van der Waals surface area contributed by atoms with Crippen molar-refractivity contribution in [1.82, 2.24) is 4.90 Å². The molecule has 19 heavy (non-hydrogen) atoms. The maximum Gasteiger partial charge on any atom is 0.0702 e. The first-order valence-corrected chi connectivity index (χ1v) is 8.35. The van der Waals surface area contributed by atoms with Crippen LogP contribution < -0.4 is 0 Å². The molecule has 1 saturated carbocycles. The predicted octanol–water partition coefficient (Wildman–Crippen LogP) is 2.96. The Morgan fingerprint density at radius 2 is 1.84 bits per heavy atom. The Hall–Kier alpha value is -0.120. The van der Waals surface area contributed by atoms with Gasteiger partial charge in [-0.05, 0) is 38.6 Å². The fraction of sp³-hybridized carbons (Fsp3) is 1.00. The van der Waals surface area contributed by atoms with Crippen LogP contribution >= 0.6 is 0 Å². The molecule has 3 nitrogen and oxygen atoms in total. The van der Waals surface area contributed by atoms with Crippen molar-refractivity contribution in [1.29, 1.82) is 0 Å². The molecule has 1 saturated heterocycles. The molecule has 3 atom stereocenters. The van der Waals surface area contributed by atoms with Gasteiger partial charge in [-0.2, -0.15) is 0 Å². The number of likely N-dealkylation sites (tertiary alicyclic amines) is 1. The van der Waals surface area contributed by atoms with Crippen LogP contribution in [0.5, 0.6) is 0 Å². The lowest BCUT2D eigenvalue weighted by molar-refractivity contribution is -0.0415. The summed E-state index contributed by atoms with van der Waals surface area (Å²) in [5, 5.41) is 10.4. The maximum absolute atomic E-state index is 10.4. The second kappa shape index (κ2) is 8.23. The zero-order valence-corrected chi connectivity index (χ0v) is 12.5. The second-order valence-corrected chi connectivity index (χ2v) is 6.26. The van der Waals surface area contributed by atoms with Gasteiger partial charge in [0.1, 0.15) is 0 Å². The molecule has 1 aliphatic carbocycles. The van der Waals surface area contributed by atoms with Crippen molar-refractivity contribution in [2.75, 3.05) is 19.7 Å². The highest BCUT2D eigenvalue weighted by Gasteiger charge is 2.30. The molecular weight excluding hydrogens is 238 g/mol. The van der Waals surface area contributed by atoms with Gasteiger partial charge in [-0.3, -0.25) is 4.90 Å². The predicted molar refractivity (Wildman–Crippen MR) is 78.3 cm³/mol. The van der Waals surface area contributed by atoms with Crippen LogP contribution in [0.4, 0.5) is 0 Å². The standard InChI is InChI=1S/C16H31NO2/c1-2-12-19-14-8-7-11-17(13-14)15-9-5-3-4-6-10-16(15)18/h14-16,18H,2-13H2,1H3. The van der Waals surface area contributed by atoms with E-state index in [1.54, 1.807) is 0 Å². The zero-order valence-electron chi connectivity index (χ0n) is 12.5. The van der Waals surface area contributed by atoms with Gasteiger partial charge in [-0.15, -0.1) is 0 Å². The van der Waals surface area contributed by atoms with Crippen LogP contribution in [0.15, 0.2) is 0 Å². The Labute approximate surface area is 118 Å². The van der Waals surface area contributed by atoms with Gasteiger partial charge in [0, 0.05) is 19.2 Å². The topological polar surface area (TPSA) is 32.7 Å². The largest absolute Gasteiger partial charge is 0.391 e. The fourth-order valence-corrected chi connectivity index (χ4v) is 3.56. The maximum atomic E-state index is 10.4. The van der Waals surface area contributed by atoms with Crippen molar-refractivity contribution in [3.8, 4) is 0 Å². The molecule has 1 N–H and O–H groups in total. The lowest BCUT2D eigenvalue weighted by Crippen LogP contribution is -2.50. The van der Waals surface area contributed by atoms with E-state index in [1.807, 2.05) is 0 Å². The quantitative estimate of drug-likeness (QED) is 0.851. The molecule has 1 heterocycles. The van der Waals surface area contributed by atoms with Crippen molar-refractivity contribution in [2.45, 2.75) is 83.0 Å². The number of rotatable bonds is 4. The van der Waals surface area contributed by atoms with Gasteiger partial charge in [-0.1, -0.05) is 32.6 Å². The minimum absolute atomic E-state index is 0.120. The zero-order chi connectivity index (χ0) is 13.5. The molecule has 0 aromatic rings. The summed E-state index contributed by atoms with van der Waals surface area (Å²) < 4.78 is 5.92. The molecule has 0 spiro atoms. The van der Waals surface area contributed by atoms with Crippen molar-refractivity contribution in [3.63, 3.8) is 0 Å². The highest BCUT2D eigenvalue weighted by Crippen LogP contribution is 2.25. The number of aliphatic hydroxyl groups excluding tert-OH is 1. The molecule has 1 aliphatic heterocycles. The summed E-state index contributed by atoms with van der Waals surface area (Å²) in [4.78, 5) is 2.51. The number of aliphatic hydroxyl groups is 1. The minimum atomic E-state index is -0.120. The lowest BCUT2D eigenvalue weighted by atomic mass is 9.91. The van der Waals surface area contributed by atoms with Gasteiger partial charge in [0.05, 0.1) is 12.2 Å². The Morgan fingerprint density at radius 1 is 1.05 bits per heavy atom. The Morgan fingerprint density at radius 3 is 2.63 bits per heavy atom. The number of nitrogens with zero attached hydrogens (tertiary/aromatic N) is 1. The van der Waals surface area contributed by atoms with E-state index in [2.05, 4.69) is 11.8 Å². The molecule has 2 rings (SSSR count). The first-order valence-electron chi connectivity index (χ1n) is 8.35. The van der Waals surface area contributed by atoms with Gasteiger partial charge < -0.3 is 9.84 Å². The fourth-order valence-electron chi connectivity index (χ4n) is 3.56. The molecule has 112 valence electrons.